The third-order valence-corrected chi connectivity index (χ3v) is 3.94. The van der Waals surface area contributed by atoms with E-state index >= 15 is 0 Å². The number of carbonyl (C=O) groups is 2. The van der Waals surface area contributed by atoms with Gasteiger partial charge in [-0.2, -0.15) is 0 Å². The highest BCUT2D eigenvalue weighted by Gasteiger charge is 2.32. The van der Waals surface area contributed by atoms with Crippen LogP contribution in [0.15, 0.2) is 0 Å². The molecule has 102 valence electrons. The highest BCUT2D eigenvalue weighted by Crippen LogP contribution is 2.20. The number of hydrogen-bond donors (Lipinski definition) is 2. The first-order valence-corrected chi connectivity index (χ1v) is 6.97. The summed E-state index contributed by atoms with van der Waals surface area (Å²) >= 11 is 0. The Balaban J connectivity index is 1.75. The molecule has 0 aliphatic carbocycles. The minimum Gasteiger partial charge on any atom is -0.355 e. The molecule has 1 atom stereocenters. The molecule has 2 saturated heterocycles. The van der Waals surface area contributed by atoms with Gasteiger partial charge in [0.25, 0.3) is 0 Å². The first-order valence-electron chi connectivity index (χ1n) is 6.97. The summed E-state index contributed by atoms with van der Waals surface area (Å²) in [6.07, 6.45) is 2.52. The summed E-state index contributed by atoms with van der Waals surface area (Å²) in [5.74, 6) is 0.741. The van der Waals surface area contributed by atoms with Crippen LogP contribution in [0.2, 0.25) is 0 Å². The molecule has 1 unspecified atom stereocenters. The second-order valence-corrected chi connectivity index (χ2v) is 5.28. The monoisotopic (exact) mass is 253 g/mol. The lowest BCUT2D eigenvalue weighted by atomic mass is 9.95. The maximum absolute atomic E-state index is 12.2. The molecule has 2 fully saturated rings. The molecule has 2 heterocycles. The Bertz CT molecular complexity index is 311. The van der Waals surface area contributed by atoms with Gasteiger partial charge in [-0.15, -0.1) is 0 Å². The number of amides is 2. The number of likely N-dealkylation sites (tertiary alicyclic amines) is 1. The number of carbonyl (C=O) groups excluding carboxylic acids is 2. The molecule has 2 aliphatic heterocycles. The Kier molecular flexibility index (Phi) is 4.58. The van der Waals surface area contributed by atoms with Crippen LogP contribution in [0.4, 0.5) is 0 Å². The van der Waals surface area contributed by atoms with Crippen LogP contribution in [0.3, 0.4) is 0 Å². The molecule has 0 radical (unpaired) electrons. The summed E-state index contributed by atoms with van der Waals surface area (Å²) in [5.41, 5.74) is 0. The van der Waals surface area contributed by atoms with Crippen molar-refractivity contribution < 1.29 is 9.59 Å². The van der Waals surface area contributed by atoms with Crippen molar-refractivity contribution >= 4 is 11.8 Å². The Morgan fingerprint density at radius 3 is 2.72 bits per heavy atom. The minimum absolute atomic E-state index is 0.00961. The Morgan fingerprint density at radius 1 is 1.44 bits per heavy atom. The second kappa shape index (κ2) is 6.18. The average Bonchev–Trinajstić information content (AvgIpc) is 2.83. The molecule has 0 aromatic heterocycles. The molecule has 0 bridgehead atoms. The zero-order valence-corrected chi connectivity index (χ0v) is 11.1. The number of piperidine rings is 1. The van der Waals surface area contributed by atoms with Crippen LogP contribution < -0.4 is 10.6 Å². The summed E-state index contributed by atoms with van der Waals surface area (Å²) in [6, 6.07) is 0. The zero-order chi connectivity index (χ0) is 13.0. The minimum atomic E-state index is -0.122. The third-order valence-electron chi connectivity index (χ3n) is 3.94. The van der Waals surface area contributed by atoms with Crippen molar-refractivity contribution in [2.45, 2.75) is 26.2 Å². The lowest BCUT2D eigenvalue weighted by molar-refractivity contribution is -0.137. The van der Waals surface area contributed by atoms with Crippen LogP contribution >= 0.6 is 0 Å². The van der Waals surface area contributed by atoms with Gasteiger partial charge in [0.1, 0.15) is 0 Å². The van der Waals surface area contributed by atoms with Crippen molar-refractivity contribution in [1.29, 1.82) is 0 Å². The Morgan fingerprint density at radius 2 is 2.17 bits per heavy atom. The summed E-state index contributed by atoms with van der Waals surface area (Å²) in [4.78, 5) is 25.2. The summed E-state index contributed by atoms with van der Waals surface area (Å²) < 4.78 is 0. The average molecular weight is 253 g/mol. The van der Waals surface area contributed by atoms with E-state index in [0.717, 1.165) is 39.0 Å². The molecule has 2 amide bonds. The van der Waals surface area contributed by atoms with E-state index in [4.69, 9.17) is 0 Å². The van der Waals surface area contributed by atoms with E-state index in [2.05, 4.69) is 17.6 Å². The van der Waals surface area contributed by atoms with Gasteiger partial charge in [-0.25, -0.2) is 0 Å². The van der Waals surface area contributed by atoms with Crippen molar-refractivity contribution in [2.24, 2.45) is 11.8 Å². The molecule has 2 N–H and O–H groups in total. The molecule has 5 nitrogen and oxygen atoms in total. The fourth-order valence-corrected chi connectivity index (χ4v) is 2.74. The van der Waals surface area contributed by atoms with Gasteiger partial charge in [0.05, 0.1) is 5.92 Å². The molecule has 0 aromatic carbocycles. The first kappa shape index (κ1) is 13.3. The number of hydrogen-bond acceptors (Lipinski definition) is 3. The predicted molar refractivity (Wildman–Crippen MR) is 69.0 cm³/mol. The fourth-order valence-electron chi connectivity index (χ4n) is 2.74. The van der Waals surface area contributed by atoms with E-state index in [1.165, 1.54) is 0 Å². The van der Waals surface area contributed by atoms with E-state index in [9.17, 15) is 9.59 Å². The van der Waals surface area contributed by atoms with E-state index in [1.807, 2.05) is 4.90 Å². The number of nitrogens with one attached hydrogen (secondary N) is 2. The lowest BCUT2D eigenvalue weighted by Gasteiger charge is -2.33. The highest BCUT2D eigenvalue weighted by molar-refractivity contribution is 5.89. The topological polar surface area (TPSA) is 61.4 Å². The lowest BCUT2D eigenvalue weighted by Crippen LogP contribution is -2.43. The van der Waals surface area contributed by atoms with Crippen LogP contribution in [0.1, 0.15) is 26.2 Å². The molecule has 2 rings (SSSR count). The van der Waals surface area contributed by atoms with Crippen LogP contribution in [-0.4, -0.2) is 49.4 Å². The molecule has 5 heteroatoms. The molecular weight excluding hydrogens is 230 g/mol. The normalized spacial score (nSPS) is 25.3. The van der Waals surface area contributed by atoms with Gasteiger partial charge in [-0.1, -0.05) is 6.92 Å². The van der Waals surface area contributed by atoms with E-state index in [1.54, 1.807) is 0 Å². The van der Waals surface area contributed by atoms with Gasteiger partial charge in [0.15, 0.2) is 0 Å². The quantitative estimate of drug-likeness (QED) is 0.739. The molecule has 0 aromatic rings. The molecule has 0 spiro atoms. The van der Waals surface area contributed by atoms with Crippen molar-refractivity contribution in [3.63, 3.8) is 0 Å². The molecule has 18 heavy (non-hydrogen) atoms. The second-order valence-electron chi connectivity index (χ2n) is 5.28. The Hall–Kier alpha value is -1.10. The van der Waals surface area contributed by atoms with Crippen LogP contribution in [0.5, 0.6) is 0 Å². The molecular formula is C13H23N3O2. The third kappa shape index (κ3) is 3.22. The SMILES string of the molecule is CCNCC1CCN(C(=O)C2CNC(=O)C2)CC1. The van der Waals surface area contributed by atoms with Gasteiger partial charge in [0.2, 0.25) is 11.8 Å². The van der Waals surface area contributed by atoms with Gasteiger partial charge in [0, 0.05) is 26.1 Å². The van der Waals surface area contributed by atoms with Gasteiger partial charge >= 0.3 is 0 Å². The highest BCUT2D eigenvalue weighted by atomic mass is 16.2. The molecule has 0 saturated carbocycles. The van der Waals surface area contributed by atoms with Crippen molar-refractivity contribution in [2.75, 3.05) is 32.7 Å². The zero-order valence-electron chi connectivity index (χ0n) is 11.1. The van der Waals surface area contributed by atoms with Crippen molar-refractivity contribution in [3.8, 4) is 0 Å². The van der Waals surface area contributed by atoms with Crippen molar-refractivity contribution in [1.82, 2.24) is 15.5 Å². The summed E-state index contributed by atoms with van der Waals surface area (Å²) in [5, 5.41) is 6.09. The number of rotatable bonds is 4. The fraction of sp³-hybridized carbons (Fsp3) is 0.846. The maximum Gasteiger partial charge on any atom is 0.227 e. The van der Waals surface area contributed by atoms with E-state index in [0.29, 0.717) is 18.9 Å². The summed E-state index contributed by atoms with van der Waals surface area (Å²) in [7, 11) is 0. The van der Waals surface area contributed by atoms with Crippen LogP contribution in [0, 0.1) is 11.8 Å². The predicted octanol–water partition coefficient (Wildman–Crippen LogP) is -0.0294. The van der Waals surface area contributed by atoms with Gasteiger partial charge < -0.3 is 15.5 Å². The van der Waals surface area contributed by atoms with Crippen LogP contribution in [-0.2, 0) is 9.59 Å². The van der Waals surface area contributed by atoms with Crippen LogP contribution in [0.25, 0.3) is 0 Å². The maximum atomic E-state index is 12.2. The standard InChI is InChI=1S/C13H23N3O2/c1-2-14-8-10-3-5-16(6-4-10)13(18)11-7-12(17)15-9-11/h10-11,14H,2-9H2,1H3,(H,15,17). The first-order chi connectivity index (χ1) is 8.70. The van der Waals surface area contributed by atoms with Gasteiger partial charge in [-0.05, 0) is 31.8 Å². The van der Waals surface area contributed by atoms with Gasteiger partial charge in [-0.3, -0.25) is 9.59 Å². The van der Waals surface area contributed by atoms with Crippen molar-refractivity contribution in [3.05, 3.63) is 0 Å². The summed E-state index contributed by atoms with van der Waals surface area (Å²) in [6.45, 7) is 6.40. The molecule has 2 aliphatic rings. The van der Waals surface area contributed by atoms with E-state index < -0.39 is 0 Å². The Labute approximate surface area is 108 Å². The van der Waals surface area contributed by atoms with E-state index in [-0.39, 0.29) is 17.7 Å². The number of nitrogens with zero attached hydrogens (tertiary/aromatic N) is 1. The smallest absolute Gasteiger partial charge is 0.227 e. The largest absolute Gasteiger partial charge is 0.355 e.